The van der Waals surface area contributed by atoms with Crippen LogP contribution in [0, 0.1) is 18.3 Å². The highest BCUT2D eigenvalue weighted by Gasteiger charge is 2.23. The van der Waals surface area contributed by atoms with Gasteiger partial charge in [0.2, 0.25) is 5.91 Å². The zero-order valence-electron chi connectivity index (χ0n) is 21.6. The fourth-order valence-corrected chi connectivity index (χ4v) is 3.51. The van der Waals surface area contributed by atoms with Gasteiger partial charge in [-0.05, 0) is 49.7 Å². The number of carbonyl (C=O) groups is 2. The number of anilines is 2. The number of urea groups is 1. The Kier molecular flexibility index (Phi) is 8.49. The summed E-state index contributed by atoms with van der Waals surface area (Å²) in [6, 6.07) is 18.1. The van der Waals surface area contributed by atoms with Crippen LogP contribution in [-0.4, -0.2) is 39.7 Å². The second-order valence-electron chi connectivity index (χ2n) is 9.85. The van der Waals surface area contributed by atoms with Gasteiger partial charge in [-0.25, -0.2) is 9.48 Å². The first-order valence-corrected chi connectivity index (χ1v) is 12.1. The van der Waals surface area contributed by atoms with Gasteiger partial charge in [-0.3, -0.25) is 4.79 Å². The molecule has 0 aliphatic rings. The van der Waals surface area contributed by atoms with Crippen LogP contribution in [0.15, 0.2) is 54.6 Å². The number of aryl methyl sites for hydroxylation is 1. The predicted octanol–water partition coefficient (Wildman–Crippen LogP) is 5.62. The number of nitrogens with one attached hydrogen (secondary N) is 2. The van der Waals surface area contributed by atoms with Gasteiger partial charge in [-0.2, -0.15) is 10.4 Å². The van der Waals surface area contributed by atoms with Crippen LogP contribution in [-0.2, 0) is 10.2 Å². The molecule has 3 amide bonds. The largest absolute Gasteiger partial charge is 0.322 e. The van der Waals surface area contributed by atoms with E-state index in [1.54, 1.807) is 28.9 Å². The van der Waals surface area contributed by atoms with Crippen molar-refractivity contribution in [3.63, 3.8) is 0 Å². The molecule has 0 atom stereocenters. The first kappa shape index (κ1) is 26.5. The zero-order valence-corrected chi connectivity index (χ0v) is 21.6. The van der Waals surface area contributed by atoms with Crippen molar-refractivity contribution in [2.45, 2.75) is 52.9 Å². The number of nitriles is 1. The van der Waals surface area contributed by atoms with Crippen molar-refractivity contribution in [1.82, 2.24) is 14.7 Å². The molecule has 0 aliphatic heterocycles. The van der Waals surface area contributed by atoms with Gasteiger partial charge in [-0.15, -0.1) is 0 Å². The number of amides is 3. The van der Waals surface area contributed by atoms with Crippen molar-refractivity contribution < 1.29 is 9.59 Å². The lowest BCUT2D eigenvalue weighted by molar-refractivity contribution is -0.116. The number of hydrogen-bond acceptors (Lipinski definition) is 4. The van der Waals surface area contributed by atoms with Gasteiger partial charge in [0, 0.05) is 23.7 Å². The van der Waals surface area contributed by atoms with E-state index in [0.717, 1.165) is 29.8 Å². The van der Waals surface area contributed by atoms with Crippen LogP contribution in [0.3, 0.4) is 0 Å². The summed E-state index contributed by atoms with van der Waals surface area (Å²) < 4.78 is 1.73. The van der Waals surface area contributed by atoms with E-state index in [1.165, 1.54) is 4.90 Å². The second-order valence-corrected chi connectivity index (χ2v) is 9.85. The number of carbonyl (C=O) groups excluding carboxylic acids is 2. The van der Waals surface area contributed by atoms with Gasteiger partial charge < -0.3 is 15.5 Å². The average Bonchev–Trinajstić information content (AvgIpc) is 3.27. The van der Waals surface area contributed by atoms with E-state index < -0.39 is 0 Å². The van der Waals surface area contributed by atoms with Crippen LogP contribution in [0.25, 0.3) is 5.69 Å². The van der Waals surface area contributed by atoms with Crippen LogP contribution in [0.2, 0.25) is 0 Å². The van der Waals surface area contributed by atoms with Crippen molar-refractivity contribution in [2.24, 2.45) is 0 Å². The van der Waals surface area contributed by atoms with Crippen LogP contribution >= 0.6 is 0 Å². The van der Waals surface area contributed by atoms with Gasteiger partial charge in [0.25, 0.3) is 0 Å². The fourth-order valence-electron chi connectivity index (χ4n) is 3.51. The first-order chi connectivity index (χ1) is 17.1. The monoisotopic (exact) mass is 486 g/mol. The number of aromatic nitrogens is 2. The molecule has 2 aromatic carbocycles. The Morgan fingerprint density at radius 2 is 1.72 bits per heavy atom. The Balaban J connectivity index is 1.79. The number of nitrogens with zero attached hydrogens (tertiary/aromatic N) is 4. The Bertz CT molecular complexity index is 1230. The van der Waals surface area contributed by atoms with Crippen molar-refractivity contribution in [3.05, 3.63) is 71.4 Å². The van der Waals surface area contributed by atoms with Gasteiger partial charge in [0.15, 0.2) is 0 Å². The molecule has 188 valence electrons. The topological polar surface area (TPSA) is 103 Å². The maximum absolute atomic E-state index is 13.1. The molecule has 1 aromatic heterocycles. The van der Waals surface area contributed by atoms with E-state index >= 15 is 0 Å². The van der Waals surface area contributed by atoms with Crippen molar-refractivity contribution >= 4 is 23.4 Å². The number of rotatable bonds is 8. The van der Waals surface area contributed by atoms with Gasteiger partial charge in [-0.1, -0.05) is 51.8 Å². The lowest BCUT2D eigenvalue weighted by Crippen LogP contribution is -2.41. The van der Waals surface area contributed by atoms with Crippen LogP contribution in [0.4, 0.5) is 16.3 Å². The Hall–Kier alpha value is -4.12. The van der Waals surface area contributed by atoms with Gasteiger partial charge in [0.05, 0.1) is 23.0 Å². The summed E-state index contributed by atoms with van der Waals surface area (Å²) >= 11 is 0. The third-order valence-electron chi connectivity index (χ3n) is 5.69. The summed E-state index contributed by atoms with van der Waals surface area (Å²) in [5, 5.41) is 19.5. The molecular formula is C28H34N6O2. The molecule has 0 fully saturated rings. The highest BCUT2D eigenvalue weighted by atomic mass is 16.2. The fraction of sp³-hybridized carbons (Fsp3) is 0.357. The van der Waals surface area contributed by atoms with Crippen molar-refractivity contribution in [1.29, 1.82) is 5.26 Å². The summed E-state index contributed by atoms with van der Waals surface area (Å²) in [5.74, 6) is 0.242. The minimum absolute atomic E-state index is 0.105. The molecular weight excluding hydrogens is 452 g/mol. The molecule has 0 aliphatic carbocycles. The summed E-state index contributed by atoms with van der Waals surface area (Å²) in [5.41, 5.74) is 3.69. The number of unbranched alkanes of at least 4 members (excludes halogenated alkanes) is 1. The van der Waals surface area contributed by atoms with E-state index in [2.05, 4.69) is 37.5 Å². The summed E-state index contributed by atoms with van der Waals surface area (Å²) in [7, 11) is 0. The summed E-state index contributed by atoms with van der Waals surface area (Å²) in [4.78, 5) is 27.6. The number of benzene rings is 2. The Morgan fingerprint density at radius 1 is 1.06 bits per heavy atom. The zero-order chi connectivity index (χ0) is 26.3. The molecule has 8 heteroatoms. The van der Waals surface area contributed by atoms with Crippen molar-refractivity contribution in [3.8, 4) is 11.8 Å². The predicted molar refractivity (Wildman–Crippen MR) is 142 cm³/mol. The SMILES string of the molecule is CCCCN(CC(=O)Nc1cc(C(C)(C)C)nn1-c1ccc(C)cc1)C(=O)Nc1ccc(C#N)cc1. The van der Waals surface area contributed by atoms with Crippen LogP contribution in [0.5, 0.6) is 0 Å². The Morgan fingerprint density at radius 3 is 2.31 bits per heavy atom. The molecule has 0 saturated heterocycles. The third kappa shape index (κ3) is 6.95. The molecule has 8 nitrogen and oxygen atoms in total. The van der Waals surface area contributed by atoms with Crippen LogP contribution < -0.4 is 10.6 Å². The molecule has 0 unspecified atom stereocenters. The maximum atomic E-state index is 13.1. The third-order valence-corrected chi connectivity index (χ3v) is 5.69. The lowest BCUT2D eigenvalue weighted by atomic mass is 9.92. The van der Waals surface area contributed by atoms with E-state index in [-0.39, 0.29) is 23.9 Å². The van der Waals surface area contributed by atoms with E-state index in [9.17, 15) is 9.59 Å². The Labute approximate surface area is 212 Å². The second kappa shape index (κ2) is 11.5. The van der Waals surface area contributed by atoms with Crippen molar-refractivity contribution in [2.75, 3.05) is 23.7 Å². The molecule has 2 N–H and O–H groups in total. The van der Waals surface area contributed by atoms with E-state index in [4.69, 9.17) is 10.4 Å². The molecule has 1 heterocycles. The van der Waals surface area contributed by atoms with Gasteiger partial charge >= 0.3 is 6.03 Å². The number of hydrogen-bond donors (Lipinski definition) is 2. The lowest BCUT2D eigenvalue weighted by Gasteiger charge is -2.22. The smallest absolute Gasteiger partial charge is 0.315 e. The molecule has 3 rings (SSSR count). The van der Waals surface area contributed by atoms with Crippen LogP contribution in [0.1, 0.15) is 57.4 Å². The highest BCUT2D eigenvalue weighted by molar-refractivity contribution is 5.96. The molecule has 0 spiro atoms. The molecule has 0 bridgehead atoms. The van der Waals surface area contributed by atoms with E-state index in [1.807, 2.05) is 44.2 Å². The maximum Gasteiger partial charge on any atom is 0.322 e. The first-order valence-electron chi connectivity index (χ1n) is 12.1. The molecule has 0 radical (unpaired) electrons. The average molecular weight is 487 g/mol. The highest BCUT2D eigenvalue weighted by Crippen LogP contribution is 2.26. The normalized spacial score (nSPS) is 11.0. The molecule has 36 heavy (non-hydrogen) atoms. The van der Waals surface area contributed by atoms with E-state index in [0.29, 0.717) is 23.6 Å². The standard InChI is InChI=1S/C28H34N6O2/c1-6-7-16-33(27(36)30-22-12-10-21(18-29)11-13-22)19-26(35)31-25-17-24(28(3,4)5)32-34(25)23-14-8-20(2)9-15-23/h8-15,17H,6-7,16,19H2,1-5H3,(H,30,36)(H,31,35). The summed E-state index contributed by atoms with van der Waals surface area (Å²) in [6.45, 7) is 10.6. The summed E-state index contributed by atoms with van der Waals surface area (Å²) in [6.07, 6.45) is 1.65. The van der Waals surface area contributed by atoms with Gasteiger partial charge in [0.1, 0.15) is 12.4 Å². The minimum Gasteiger partial charge on any atom is -0.315 e. The molecule has 0 saturated carbocycles. The minimum atomic E-state index is -0.370. The molecule has 3 aromatic rings. The quantitative estimate of drug-likeness (QED) is 0.431.